The van der Waals surface area contributed by atoms with Gasteiger partial charge in [-0.2, -0.15) is 5.10 Å². The Morgan fingerprint density at radius 1 is 1.47 bits per heavy atom. The second-order valence-electron chi connectivity index (χ2n) is 4.31. The predicted octanol–water partition coefficient (Wildman–Crippen LogP) is 2.45. The van der Waals surface area contributed by atoms with E-state index in [1.165, 1.54) is 12.1 Å². The van der Waals surface area contributed by atoms with E-state index < -0.39 is 11.9 Å². The first-order valence-electron chi connectivity index (χ1n) is 6.02. The van der Waals surface area contributed by atoms with Crippen molar-refractivity contribution >= 4 is 11.6 Å². The molecule has 2 rings (SSSR count). The third-order valence-electron chi connectivity index (χ3n) is 2.98. The standard InChI is InChI=1S/C13H15ClFN3O/c1-3-9-13(14)11(18(2)17-9)6-12(19)10-5-4-8(15)7-16-10/h4-5,7,12,19H,3,6H2,1-2H3. The van der Waals surface area contributed by atoms with Crippen molar-refractivity contribution in [1.29, 1.82) is 0 Å². The van der Waals surface area contributed by atoms with E-state index in [0.717, 1.165) is 24.0 Å². The summed E-state index contributed by atoms with van der Waals surface area (Å²) in [6.07, 6.45) is 1.28. The van der Waals surface area contributed by atoms with Crippen LogP contribution in [0.3, 0.4) is 0 Å². The van der Waals surface area contributed by atoms with Gasteiger partial charge in [0, 0.05) is 13.5 Å². The van der Waals surface area contributed by atoms with Gasteiger partial charge in [-0.25, -0.2) is 4.39 Å². The van der Waals surface area contributed by atoms with E-state index in [1.807, 2.05) is 6.92 Å². The third-order valence-corrected chi connectivity index (χ3v) is 3.42. The van der Waals surface area contributed by atoms with Crippen LogP contribution in [0.5, 0.6) is 0 Å². The number of aliphatic hydroxyl groups is 1. The quantitative estimate of drug-likeness (QED) is 0.938. The van der Waals surface area contributed by atoms with E-state index in [-0.39, 0.29) is 0 Å². The van der Waals surface area contributed by atoms with Crippen LogP contribution in [-0.2, 0) is 19.9 Å². The van der Waals surface area contributed by atoms with Crippen molar-refractivity contribution in [3.8, 4) is 0 Å². The van der Waals surface area contributed by atoms with Crippen molar-refractivity contribution in [2.24, 2.45) is 7.05 Å². The first-order chi connectivity index (χ1) is 9.02. The fourth-order valence-electron chi connectivity index (χ4n) is 1.91. The molecule has 1 atom stereocenters. The molecule has 0 aliphatic rings. The van der Waals surface area contributed by atoms with E-state index in [1.54, 1.807) is 11.7 Å². The summed E-state index contributed by atoms with van der Waals surface area (Å²) < 4.78 is 14.4. The number of pyridine rings is 1. The van der Waals surface area contributed by atoms with Crippen molar-refractivity contribution in [1.82, 2.24) is 14.8 Å². The van der Waals surface area contributed by atoms with Crippen LogP contribution in [0.25, 0.3) is 0 Å². The summed E-state index contributed by atoms with van der Waals surface area (Å²) in [5.74, 6) is -0.428. The van der Waals surface area contributed by atoms with Crippen molar-refractivity contribution in [3.05, 3.63) is 46.3 Å². The van der Waals surface area contributed by atoms with Crippen LogP contribution in [0.1, 0.15) is 30.1 Å². The highest BCUT2D eigenvalue weighted by molar-refractivity contribution is 6.31. The highest BCUT2D eigenvalue weighted by Gasteiger charge is 2.18. The highest BCUT2D eigenvalue weighted by Crippen LogP contribution is 2.25. The molecule has 19 heavy (non-hydrogen) atoms. The van der Waals surface area contributed by atoms with E-state index in [2.05, 4.69) is 10.1 Å². The summed E-state index contributed by atoms with van der Waals surface area (Å²) in [6.45, 7) is 1.97. The van der Waals surface area contributed by atoms with Gasteiger partial charge in [0.25, 0.3) is 0 Å². The Bertz CT molecular complexity index is 568. The van der Waals surface area contributed by atoms with Crippen LogP contribution < -0.4 is 0 Å². The molecule has 0 radical (unpaired) electrons. The van der Waals surface area contributed by atoms with Gasteiger partial charge < -0.3 is 5.11 Å². The Kier molecular flexibility index (Phi) is 4.17. The van der Waals surface area contributed by atoms with E-state index >= 15 is 0 Å². The lowest BCUT2D eigenvalue weighted by Gasteiger charge is -2.10. The summed E-state index contributed by atoms with van der Waals surface area (Å²) in [5.41, 5.74) is 1.97. The smallest absolute Gasteiger partial charge is 0.141 e. The molecule has 6 heteroatoms. The molecule has 2 aromatic rings. The van der Waals surface area contributed by atoms with Crippen LogP contribution in [0.4, 0.5) is 4.39 Å². The lowest BCUT2D eigenvalue weighted by Crippen LogP contribution is -2.08. The van der Waals surface area contributed by atoms with E-state index in [4.69, 9.17) is 11.6 Å². The lowest BCUT2D eigenvalue weighted by atomic mass is 10.1. The van der Waals surface area contributed by atoms with Crippen molar-refractivity contribution < 1.29 is 9.50 Å². The fourth-order valence-corrected chi connectivity index (χ4v) is 2.28. The molecule has 1 unspecified atom stereocenters. The number of hydrogen-bond donors (Lipinski definition) is 1. The van der Waals surface area contributed by atoms with Crippen LogP contribution in [0, 0.1) is 5.82 Å². The summed E-state index contributed by atoms with van der Waals surface area (Å²) in [4.78, 5) is 3.86. The third kappa shape index (κ3) is 2.93. The molecule has 0 bridgehead atoms. The van der Waals surface area contributed by atoms with Crippen molar-refractivity contribution in [3.63, 3.8) is 0 Å². The number of aromatic nitrogens is 3. The molecule has 0 amide bonds. The molecular formula is C13H15ClFN3O. The number of rotatable bonds is 4. The Labute approximate surface area is 115 Å². The van der Waals surface area contributed by atoms with Crippen LogP contribution in [0.15, 0.2) is 18.3 Å². The van der Waals surface area contributed by atoms with Gasteiger partial charge in [-0.1, -0.05) is 18.5 Å². The molecule has 1 N–H and O–H groups in total. The molecule has 0 fully saturated rings. The van der Waals surface area contributed by atoms with E-state index in [9.17, 15) is 9.50 Å². The number of aryl methyl sites for hydroxylation is 2. The number of hydrogen-bond acceptors (Lipinski definition) is 3. The molecular weight excluding hydrogens is 269 g/mol. The summed E-state index contributed by atoms with van der Waals surface area (Å²) in [5, 5.41) is 15.0. The monoisotopic (exact) mass is 283 g/mol. The normalized spacial score (nSPS) is 12.7. The van der Waals surface area contributed by atoms with E-state index in [0.29, 0.717) is 17.1 Å². The van der Waals surface area contributed by atoms with Crippen LogP contribution >= 0.6 is 11.6 Å². The second-order valence-corrected chi connectivity index (χ2v) is 4.68. The summed E-state index contributed by atoms with van der Waals surface area (Å²) in [6, 6.07) is 2.74. The van der Waals surface area contributed by atoms with Gasteiger partial charge in [0.1, 0.15) is 11.9 Å². The van der Waals surface area contributed by atoms with Crippen molar-refractivity contribution in [2.45, 2.75) is 25.9 Å². The average Bonchev–Trinajstić information content (AvgIpc) is 2.67. The molecule has 0 aliphatic heterocycles. The molecule has 0 saturated heterocycles. The maximum atomic E-state index is 12.8. The predicted molar refractivity (Wildman–Crippen MR) is 70.5 cm³/mol. The molecule has 2 heterocycles. The Morgan fingerprint density at radius 2 is 2.21 bits per heavy atom. The molecule has 0 spiro atoms. The number of aliphatic hydroxyl groups excluding tert-OH is 1. The summed E-state index contributed by atoms with van der Waals surface area (Å²) in [7, 11) is 1.78. The first-order valence-corrected chi connectivity index (χ1v) is 6.40. The van der Waals surface area contributed by atoms with Gasteiger partial charge in [-0.05, 0) is 18.6 Å². The fraction of sp³-hybridized carbons (Fsp3) is 0.385. The van der Waals surface area contributed by atoms with Crippen LogP contribution in [-0.4, -0.2) is 19.9 Å². The highest BCUT2D eigenvalue weighted by atomic mass is 35.5. The van der Waals surface area contributed by atoms with Gasteiger partial charge in [-0.3, -0.25) is 9.67 Å². The first kappa shape index (κ1) is 14.0. The summed E-state index contributed by atoms with van der Waals surface area (Å²) >= 11 is 6.21. The Balaban J connectivity index is 2.21. The zero-order chi connectivity index (χ0) is 14.0. The zero-order valence-electron chi connectivity index (χ0n) is 10.8. The average molecular weight is 284 g/mol. The minimum absolute atomic E-state index is 0.293. The molecule has 0 saturated carbocycles. The minimum Gasteiger partial charge on any atom is -0.386 e. The van der Waals surface area contributed by atoms with Gasteiger partial charge in [0.2, 0.25) is 0 Å². The number of nitrogens with zero attached hydrogens (tertiary/aromatic N) is 3. The lowest BCUT2D eigenvalue weighted by molar-refractivity contribution is 0.171. The minimum atomic E-state index is -0.835. The maximum Gasteiger partial charge on any atom is 0.141 e. The SMILES string of the molecule is CCc1nn(C)c(CC(O)c2ccc(F)cn2)c1Cl. The van der Waals surface area contributed by atoms with Crippen LogP contribution in [0.2, 0.25) is 5.02 Å². The molecule has 102 valence electrons. The van der Waals surface area contributed by atoms with Gasteiger partial charge in [0.15, 0.2) is 0 Å². The largest absolute Gasteiger partial charge is 0.386 e. The number of halogens is 2. The van der Waals surface area contributed by atoms with Gasteiger partial charge in [-0.15, -0.1) is 0 Å². The Morgan fingerprint density at radius 3 is 2.74 bits per heavy atom. The second kappa shape index (κ2) is 5.67. The topological polar surface area (TPSA) is 50.9 Å². The maximum absolute atomic E-state index is 12.8. The van der Waals surface area contributed by atoms with Gasteiger partial charge in [0.05, 0.1) is 28.3 Å². The zero-order valence-corrected chi connectivity index (χ0v) is 11.5. The molecule has 0 aliphatic carbocycles. The Hall–Kier alpha value is -1.46. The van der Waals surface area contributed by atoms with Gasteiger partial charge >= 0.3 is 0 Å². The van der Waals surface area contributed by atoms with Crippen molar-refractivity contribution in [2.75, 3.05) is 0 Å². The molecule has 2 aromatic heterocycles. The molecule has 0 aromatic carbocycles. The molecule has 4 nitrogen and oxygen atoms in total.